The van der Waals surface area contributed by atoms with Gasteiger partial charge < -0.3 is 10.0 Å². The number of aryl methyl sites for hydroxylation is 1. The number of benzene rings is 1. The smallest absolute Gasteiger partial charge is 0.141 e. The minimum atomic E-state index is -0.658. The average molecular weight is 383 g/mol. The molecule has 2 aromatic heterocycles. The van der Waals surface area contributed by atoms with Gasteiger partial charge in [0.1, 0.15) is 16.5 Å². The highest BCUT2D eigenvalue weighted by Crippen LogP contribution is 2.38. The summed E-state index contributed by atoms with van der Waals surface area (Å²) in [6.07, 6.45) is 0. The molecular weight excluding hydrogens is 356 g/mol. The number of fused-ring (bicyclic) bond motifs is 1. The van der Waals surface area contributed by atoms with Gasteiger partial charge in [-0.1, -0.05) is 30.3 Å². The number of anilines is 1. The van der Waals surface area contributed by atoms with Crippen LogP contribution >= 0.6 is 11.3 Å². The molecule has 4 rings (SSSR count). The molecule has 0 amide bonds. The van der Waals surface area contributed by atoms with Crippen molar-refractivity contribution in [3.8, 4) is 11.1 Å². The third kappa shape index (κ3) is 3.98. The quantitative estimate of drug-likeness (QED) is 0.748. The Morgan fingerprint density at radius 1 is 1.07 bits per heavy atom. The van der Waals surface area contributed by atoms with Crippen molar-refractivity contribution in [1.29, 1.82) is 0 Å². The number of piperazine rings is 1. The molecule has 27 heavy (non-hydrogen) atoms. The second-order valence-corrected chi connectivity index (χ2v) is 8.72. The summed E-state index contributed by atoms with van der Waals surface area (Å²) in [5.41, 5.74) is 1.76. The molecule has 6 heteroatoms. The molecule has 0 unspecified atom stereocenters. The molecule has 0 saturated carbocycles. The first-order valence-electron chi connectivity index (χ1n) is 9.42. The second kappa shape index (κ2) is 7.19. The topological polar surface area (TPSA) is 52.5 Å². The lowest BCUT2D eigenvalue weighted by Gasteiger charge is -2.38. The third-order valence-corrected chi connectivity index (χ3v) is 5.77. The van der Waals surface area contributed by atoms with Crippen LogP contribution < -0.4 is 4.90 Å². The maximum Gasteiger partial charge on any atom is 0.141 e. The number of aromatic nitrogens is 2. The summed E-state index contributed by atoms with van der Waals surface area (Å²) in [7, 11) is 0. The van der Waals surface area contributed by atoms with Crippen molar-refractivity contribution in [2.75, 3.05) is 37.6 Å². The van der Waals surface area contributed by atoms with Crippen LogP contribution in [0.3, 0.4) is 0 Å². The first kappa shape index (κ1) is 18.3. The van der Waals surface area contributed by atoms with Crippen LogP contribution in [0.5, 0.6) is 0 Å². The zero-order valence-corrected chi connectivity index (χ0v) is 17.0. The Bertz CT molecular complexity index is 924. The number of β-amino-alcohol motifs (C(OH)–C–C–N with tert-alkyl or cyclic N) is 1. The minimum Gasteiger partial charge on any atom is -0.389 e. The Balaban J connectivity index is 1.67. The standard InChI is InChI=1S/C21H26N4OS/c1-15-22-19(25-11-9-24(10-12-25)14-21(2,3)26)18-17(13-27-20(18)23-15)16-7-5-4-6-8-16/h4-8,13,26H,9-12,14H2,1-3H3. The number of rotatable bonds is 4. The number of hydrogen-bond donors (Lipinski definition) is 1. The van der Waals surface area contributed by atoms with E-state index in [2.05, 4.69) is 44.4 Å². The van der Waals surface area contributed by atoms with Crippen LogP contribution in [0.1, 0.15) is 19.7 Å². The van der Waals surface area contributed by atoms with Gasteiger partial charge in [0.2, 0.25) is 0 Å². The van der Waals surface area contributed by atoms with Crippen LogP contribution in [-0.2, 0) is 0 Å². The maximum absolute atomic E-state index is 10.1. The fraction of sp³-hybridized carbons (Fsp3) is 0.429. The number of hydrogen-bond acceptors (Lipinski definition) is 6. The molecule has 0 aliphatic carbocycles. The summed E-state index contributed by atoms with van der Waals surface area (Å²) in [6.45, 7) is 10.1. The van der Waals surface area contributed by atoms with E-state index in [0.717, 1.165) is 48.0 Å². The lowest BCUT2D eigenvalue weighted by Crippen LogP contribution is -2.50. The molecule has 5 nitrogen and oxygen atoms in total. The predicted molar refractivity (Wildman–Crippen MR) is 113 cm³/mol. The zero-order valence-electron chi connectivity index (χ0n) is 16.1. The summed E-state index contributed by atoms with van der Waals surface area (Å²) in [6, 6.07) is 10.5. The lowest BCUT2D eigenvalue weighted by atomic mass is 10.1. The van der Waals surface area contributed by atoms with Crippen LogP contribution in [0.15, 0.2) is 35.7 Å². The van der Waals surface area contributed by atoms with Crippen molar-refractivity contribution >= 4 is 27.4 Å². The van der Waals surface area contributed by atoms with Gasteiger partial charge in [-0.3, -0.25) is 4.90 Å². The maximum atomic E-state index is 10.1. The highest BCUT2D eigenvalue weighted by molar-refractivity contribution is 7.17. The fourth-order valence-corrected chi connectivity index (χ4v) is 4.74. The van der Waals surface area contributed by atoms with E-state index in [1.807, 2.05) is 26.8 Å². The van der Waals surface area contributed by atoms with E-state index in [4.69, 9.17) is 4.98 Å². The van der Waals surface area contributed by atoms with Crippen LogP contribution in [0, 0.1) is 6.92 Å². The zero-order chi connectivity index (χ0) is 19.0. The van der Waals surface area contributed by atoms with Crippen LogP contribution in [0.4, 0.5) is 5.82 Å². The van der Waals surface area contributed by atoms with Gasteiger partial charge >= 0.3 is 0 Å². The number of aliphatic hydroxyl groups is 1. The van der Waals surface area contributed by atoms with Crippen molar-refractivity contribution in [3.05, 3.63) is 41.5 Å². The molecule has 0 spiro atoms. The number of thiophene rings is 1. The molecule has 0 atom stereocenters. The van der Waals surface area contributed by atoms with E-state index >= 15 is 0 Å². The molecule has 1 aliphatic rings. The van der Waals surface area contributed by atoms with Crippen molar-refractivity contribution < 1.29 is 5.11 Å². The Hall–Kier alpha value is -2.02. The monoisotopic (exact) mass is 382 g/mol. The molecule has 0 radical (unpaired) electrons. The summed E-state index contributed by atoms with van der Waals surface area (Å²) < 4.78 is 0. The van der Waals surface area contributed by atoms with Gasteiger partial charge in [0.15, 0.2) is 0 Å². The first-order chi connectivity index (χ1) is 12.9. The van der Waals surface area contributed by atoms with Gasteiger partial charge in [0, 0.05) is 43.7 Å². The van der Waals surface area contributed by atoms with Gasteiger partial charge in [-0.05, 0) is 26.3 Å². The van der Waals surface area contributed by atoms with Crippen LogP contribution in [0.2, 0.25) is 0 Å². The van der Waals surface area contributed by atoms with Gasteiger partial charge in [0.25, 0.3) is 0 Å². The van der Waals surface area contributed by atoms with E-state index in [1.54, 1.807) is 11.3 Å². The molecular formula is C21H26N4OS. The van der Waals surface area contributed by atoms with Gasteiger partial charge in [0.05, 0.1) is 11.0 Å². The third-order valence-electron chi connectivity index (χ3n) is 4.89. The van der Waals surface area contributed by atoms with Gasteiger partial charge in [-0.15, -0.1) is 11.3 Å². The Kier molecular flexibility index (Phi) is 4.88. The second-order valence-electron chi connectivity index (χ2n) is 7.87. The van der Waals surface area contributed by atoms with Crippen molar-refractivity contribution in [2.24, 2.45) is 0 Å². The molecule has 1 saturated heterocycles. The van der Waals surface area contributed by atoms with E-state index < -0.39 is 5.60 Å². The van der Waals surface area contributed by atoms with Crippen LogP contribution in [0.25, 0.3) is 21.3 Å². The number of nitrogens with zero attached hydrogens (tertiary/aromatic N) is 4. The lowest BCUT2D eigenvalue weighted by molar-refractivity contribution is 0.0345. The molecule has 1 aromatic carbocycles. The summed E-state index contributed by atoms with van der Waals surface area (Å²) in [4.78, 5) is 15.3. The van der Waals surface area contributed by atoms with Crippen molar-refractivity contribution in [2.45, 2.75) is 26.4 Å². The Morgan fingerprint density at radius 3 is 2.44 bits per heavy atom. The molecule has 3 heterocycles. The predicted octanol–water partition coefficient (Wildman–Crippen LogP) is 3.56. The van der Waals surface area contributed by atoms with Gasteiger partial charge in [-0.2, -0.15) is 0 Å². The largest absolute Gasteiger partial charge is 0.389 e. The van der Waals surface area contributed by atoms with E-state index in [1.165, 1.54) is 11.1 Å². The highest BCUT2D eigenvalue weighted by Gasteiger charge is 2.25. The van der Waals surface area contributed by atoms with Crippen LogP contribution in [-0.4, -0.2) is 58.3 Å². The summed E-state index contributed by atoms with van der Waals surface area (Å²) >= 11 is 1.69. The molecule has 0 bridgehead atoms. The van der Waals surface area contributed by atoms with E-state index in [-0.39, 0.29) is 0 Å². The fourth-order valence-electron chi connectivity index (χ4n) is 3.75. The van der Waals surface area contributed by atoms with Gasteiger partial charge in [-0.25, -0.2) is 9.97 Å². The SMILES string of the molecule is Cc1nc(N2CCN(CC(C)(C)O)CC2)c2c(-c3ccccc3)csc2n1. The highest BCUT2D eigenvalue weighted by atomic mass is 32.1. The average Bonchev–Trinajstić information content (AvgIpc) is 3.05. The van der Waals surface area contributed by atoms with Crippen molar-refractivity contribution in [3.63, 3.8) is 0 Å². The molecule has 3 aromatic rings. The summed E-state index contributed by atoms with van der Waals surface area (Å²) in [5, 5.41) is 13.4. The molecule has 1 fully saturated rings. The van der Waals surface area contributed by atoms with Crippen molar-refractivity contribution in [1.82, 2.24) is 14.9 Å². The Labute approximate surface area is 164 Å². The van der Waals surface area contributed by atoms with E-state index in [0.29, 0.717) is 6.54 Å². The Morgan fingerprint density at radius 2 is 1.78 bits per heavy atom. The minimum absolute atomic E-state index is 0.658. The molecule has 142 valence electrons. The molecule has 1 aliphatic heterocycles. The normalized spacial score (nSPS) is 16.2. The summed E-state index contributed by atoms with van der Waals surface area (Å²) in [5.74, 6) is 1.86. The molecule has 1 N–H and O–H groups in total. The first-order valence-corrected chi connectivity index (χ1v) is 10.3. The van der Waals surface area contributed by atoms with E-state index in [9.17, 15) is 5.11 Å².